The molecule has 0 aromatic carbocycles. The highest BCUT2D eigenvalue weighted by molar-refractivity contribution is 5.64. The number of rotatable bonds is 7. The van der Waals surface area contributed by atoms with Gasteiger partial charge >= 0.3 is 6.09 Å². The summed E-state index contributed by atoms with van der Waals surface area (Å²) in [4.78, 5) is 12.0. The van der Waals surface area contributed by atoms with E-state index < -0.39 is 6.09 Å². The summed E-state index contributed by atoms with van der Waals surface area (Å²) >= 11 is 0. The van der Waals surface area contributed by atoms with E-state index in [0.29, 0.717) is 6.54 Å². The first-order chi connectivity index (χ1) is 7.01. The van der Waals surface area contributed by atoms with E-state index >= 15 is 0 Å². The Bertz CT molecular complexity index is 190. The molecule has 1 unspecified atom stereocenters. The second-order valence-electron chi connectivity index (χ2n) is 4.25. The number of carbonyl (C=O) groups is 1. The standard InChI is InChI=1S/C11H23NO3/c1-4-6-7-11(5-2,9-13)8-12(3)10(14)15/h13H,4-9H2,1-3H3,(H,14,15). The average molecular weight is 217 g/mol. The second-order valence-corrected chi connectivity index (χ2v) is 4.25. The Balaban J connectivity index is 4.41. The summed E-state index contributed by atoms with van der Waals surface area (Å²) in [5.74, 6) is 0. The highest BCUT2D eigenvalue weighted by atomic mass is 16.4. The average Bonchev–Trinajstić information content (AvgIpc) is 2.24. The summed E-state index contributed by atoms with van der Waals surface area (Å²) in [7, 11) is 1.55. The molecule has 1 amide bonds. The van der Waals surface area contributed by atoms with E-state index in [0.717, 1.165) is 25.7 Å². The Kier molecular flexibility index (Phi) is 6.32. The van der Waals surface area contributed by atoms with Crippen LogP contribution in [0.2, 0.25) is 0 Å². The van der Waals surface area contributed by atoms with Crippen LogP contribution < -0.4 is 0 Å². The topological polar surface area (TPSA) is 60.8 Å². The number of amides is 1. The highest BCUT2D eigenvalue weighted by Crippen LogP contribution is 2.29. The second kappa shape index (κ2) is 6.67. The van der Waals surface area contributed by atoms with Crippen LogP contribution in [0.15, 0.2) is 0 Å². The minimum Gasteiger partial charge on any atom is -0.465 e. The van der Waals surface area contributed by atoms with Crippen molar-refractivity contribution >= 4 is 6.09 Å². The highest BCUT2D eigenvalue weighted by Gasteiger charge is 2.29. The van der Waals surface area contributed by atoms with Gasteiger partial charge in [0.25, 0.3) is 0 Å². The molecule has 0 saturated carbocycles. The van der Waals surface area contributed by atoms with Gasteiger partial charge in [-0.15, -0.1) is 0 Å². The van der Waals surface area contributed by atoms with E-state index in [2.05, 4.69) is 6.92 Å². The summed E-state index contributed by atoms with van der Waals surface area (Å²) < 4.78 is 0. The fourth-order valence-electron chi connectivity index (χ4n) is 1.73. The van der Waals surface area contributed by atoms with Gasteiger partial charge in [-0.25, -0.2) is 4.79 Å². The van der Waals surface area contributed by atoms with E-state index in [1.165, 1.54) is 4.90 Å². The number of hydrogen-bond acceptors (Lipinski definition) is 2. The molecule has 4 nitrogen and oxygen atoms in total. The first-order valence-corrected chi connectivity index (χ1v) is 5.56. The van der Waals surface area contributed by atoms with Crippen LogP contribution in [-0.4, -0.2) is 41.4 Å². The van der Waals surface area contributed by atoms with Crippen molar-refractivity contribution in [2.24, 2.45) is 5.41 Å². The molecule has 2 N–H and O–H groups in total. The number of hydrogen-bond donors (Lipinski definition) is 2. The molecule has 0 aliphatic rings. The van der Waals surface area contributed by atoms with Gasteiger partial charge in [0.2, 0.25) is 0 Å². The summed E-state index contributed by atoms with van der Waals surface area (Å²) in [6.45, 7) is 4.57. The van der Waals surface area contributed by atoms with Crippen LogP contribution in [0.1, 0.15) is 39.5 Å². The third-order valence-corrected chi connectivity index (χ3v) is 3.05. The van der Waals surface area contributed by atoms with Crippen molar-refractivity contribution < 1.29 is 15.0 Å². The fourth-order valence-corrected chi connectivity index (χ4v) is 1.73. The van der Waals surface area contributed by atoms with Crippen LogP contribution in [0.5, 0.6) is 0 Å². The Morgan fingerprint density at radius 3 is 2.33 bits per heavy atom. The molecule has 0 aliphatic heterocycles. The maximum absolute atomic E-state index is 10.7. The third-order valence-electron chi connectivity index (χ3n) is 3.05. The van der Waals surface area contributed by atoms with Crippen molar-refractivity contribution in [1.82, 2.24) is 4.90 Å². The minimum atomic E-state index is -0.933. The van der Waals surface area contributed by atoms with Crippen molar-refractivity contribution in [2.45, 2.75) is 39.5 Å². The van der Waals surface area contributed by atoms with Crippen LogP contribution >= 0.6 is 0 Å². The van der Waals surface area contributed by atoms with E-state index in [4.69, 9.17) is 5.11 Å². The van der Waals surface area contributed by atoms with Gasteiger partial charge in [0.05, 0.1) is 6.61 Å². The summed E-state index contributed by atoms with van der Waals surface area (Å²) in [6, 6.07) is 0. The molecule has 15 heavy (non-hydrogen) atoms. The van der Waals surface area contributed by atoms with Gasteiger partial charge in [-0.2, -0.15) is 0 Å². The molecule has 1 atom stereocenters. The Morgan fingerprint density at radius 1 is 1.40 bits per heavy atom. The molecule has 0 bridgehead atoms. The molecule has 90 valence electrons. The third kappa shape index (κ3) is 4.51. The monoisotopic (exact) mass is 217 g/mol. The van der Waals surface area contributed by atoms with Gasteiger partial charge in [-0.3, -0.25) is 0 Å². The fraction of sp³-hybridized carbons (Fsp3) is 0.909. The maximum Gasteiger partial charge on any atom is 0.407 e. The Hall–Kier alpha value is -0.770. The first kappa shape index (κ1) is 14.2. The van der Waals surface area contributed by atoms with Crippen LogP contribution in [0.3, 0.4) is 0 Å². The van der Waals surface area contributed by atoms with Crippen LogP contribution in [0.25, 0.3) is 0 Å². The molecule has 0 aromatic heterocycles. The number of carboxylic acid groups (broad SMARTS) is 1. The van der Waals surface area contributed by atoms with Crippen molar-refractivity contribution in [3.63, 3.8) is 0 Å². The molecule has 0 heterocycles. The molecule has 0 fully saturated rings. The van der Waals surface area contributed by atoms with Crippen molar-refractivity contribution in [2.75, 3.05) is 20.2 Å². The maximum atomic E-state index is 10.7. The Morgan fingerprint density at radius 2 is 2.00 bits per heavy atom. The zero-order valence-electron chi connectivity index (χ0n) is 9.99. The van der Waals surface area contributed by atoms with Gasteiger partial charge in [0, 0.05) is 19.0 Å². The van der Waals surface area contributed by atoms with Gasteiger partial charge in [0.1, 0.15) is 0 Å². The summed E-state index contributed by atoms with van der Waals surface area (Å²) in [6.07, 6.45) is 2.85. The number of aliphatic hydroxyl groups excluding tert-OH is 1. The zero-order chi connectivity index (χ0) is 11.9. The van der Waals surface area contributed by atoms with Crippen LogP contribution in [0, 0.1) is 5.41 Å². The predicted molar refractivity (Wildman–Crippen MR) is 60.0 cm³/mol. The molecule has 0 aromatic rings. The largest absolute Gasteiger partial charge is 0.465 e. The van der Waals surface area contributed by atoms with E-state index in [9.17, 15) is 9.90 Å². The SMILES string of the molecule is CCCCC(CC)(CO)CN(C)C(=O)O. The Labute approximate surface area is 91.9 Å². The number of unbranched alkanes of at least 4 members (excludes halogenated alkanes) is 1. The number of nitrogens with zero attached hydrogens (tertiary/aromatic N) is 1. The van der Waals surface area contributed by atoms with E-state index in [1.54, 1.807) is 7.05 Å². The van der Waals surface area contributed by atoms with E-state index in [-0.39, 0.29) is 12.0 Å². The predicted octanol–water partition coefficient (Wildman–Crippen LogP) is 2.18. The first-order valence-electron chi connectivity index (χ1n) is 5.56. The smallest absolute Gasteiger partial charge is 0.407 e. The van der Waals surface area contributed by atoms with Gasteiger partial charge in [-0.05, 0) is 12.8 Å². The van der Waals surface area contributed by atoms with Crippen molar-refractivity contribution in [3.8, 4) is 0 Å². The van der Waals surface area contributed by atoms with Gasteiger partial charge in [-0.1, -0.05) is 26.7 Å². The molecule has 4 heteroatoms. The minimum absolute atomic E-state index is 0.0567. The molecule has 0 spiro atoms. The summed E-state index contributed by atoms with van der Waals surface area (Å²) in [5, 5.41) is 18.2. The molecular weight excluding hydrogens is 194 g/mol. The lowest BCUT2D eigenvalue weighted by atomic mass is 9.80. The molecule has 0 rings (SSSR count). The molecular formula is C11H23NO3. The lowest BCUT2D eigenvalue weighted by Crippen LogP contribution is -2.40. The van der Waals surface area contributed by atoms with E-state index in [1.807, 2.05) is 6.92 Å². The molecule has 0 aliphatic carbocycles. The van der Waals surface area contributed by atoms with Gasteiger partial charge in [0.15, 0.2) is 0 Å². The number of aliphatic hydroxyl groups is 1. The van der Waals surface area contributed by atoms with Gasteiger partial charge < -0.3 is 15.1 Å². The lowest BCUT2D eigenvalue weighted by molar-refractivity contribution is 0.0665. The van der Waals surface area contributed by atoms with Crippen LogP contribution in [0.4, 0.5) is 4.79 Å². The molecule has 0 radical (unpaired) electrons. The molecule has 0 saturated heterocycles. The van der Waals surface area contributed by atoms with Crippen molar-refractivity contribution in [3.05, 3.63) is 0 Å². The van der Waals surface area contributed by atoms with Crippen molar-refractivity contribution in [1.29, 1.82) is 0 Å². The summed E-state index contributed by atoms with van der Waals surface area (Å²) in [5.41, 5.74) is -0.261. The van der Waals surface area contributed by atoms with Crippen LogP contribution in [-0.2, 0) is 0 Å². The normalized spacial score (nSPS) is 14.7. The zero-order valence-corrected chi connectivity index (χ0v) is 9.99. The quantitative estimate of drug-likeness (QED) is 0.687. The lowest BCUT2D eigenvalue weighted by Gasteiger charge is -2.33.